The Morgan fingerprint density at radius 2 is 1.73 bits per heavy atom. The van der Waals surface area contributed by atoms with Gasteiger partial charge >= 0.3 is 5.97 Å². The van der Waals surface area contributed by atoms with Crippen LogP contribution in [-0.2, 0) is 15.1 Å². The Kier molecular flexibility index (Phi) is 5.69. The van der Waals surface area contributed by atoms with E-state index in [2.05, 4.69) is 5.32 Å². The molecule has 0 aromatic carbocycles. The molecule has 1 fully saturated rings. The number of carbonyl (C=O) groups is 1. The molecule has 0 saturated carbocycles. The molecule has 0 unspecified atom stereocenters. The van der Waals surface area contributed by atoms with Crippen molar-refractivity contribution in [2.75, 3.05) is 13.1 Å². The quantitative estimate of drug-likeness (QED) is 0.838. The molecule has 1 aliphatic rings. The number of aliphatic hydroxyl groups is 1. The molecule has 0 radical (unpaired) electrons. The second kappa shape index (κ2) is 7.32. The van der Waals surface area contributed by atoms with Crippen LogP contribution in [0.1, 0.15) is 22.6 Å². The molecule has 2 aromatic heterocycles. The lowest BCUT2D eigenvalue weighted by molar-refractivity contribution is -0.168. The molecule has 3 heterocycles. The van der Waals surface area contributed by atoms with Crippen LogP contribution in [0, 0.1) is 0 Å². The molecule has 0 spiro atoms. The molecule has 1 aliphatic heterocycles. The Balaban J connectivity index is 0.00000176. The average molecular weight is 343 g/mol. The number of halogens is 1. The Hall–Kier alpha value is -1.28. The number of rotatable bonds is 4. The summed E-state index contributed by atoms with van der Waals surface area (Å²) in [4.78, 5) is 13.9. The summed E-state index contributed by atoms with van der Waals surface area (Å²) in [6.07, 6.45) is 1.46. The maximum absolute atomic E-state index is 12.7. The molecule has 2 aromatic rings. The molecule has 0 bridgehead atoms. The minimum Gasteiger partial charge on any atom is -0.460 e. The van der Waals surface area contributed by atoms with E-state index in [1.165, 1.54) is 22.7 Å². The average Bonchev–Trinajstić information content (AvgIpc) is 3.21. The Labute approximate surface area is 136 Å². The number of hydrogen-bond donors (Lipinski definition) is 2. The van der Waals surface area contributed by atoms with Crippen molar-refractivity contribution in [3.8, 4) is 0 Å². The molecule has 0 atom stereocenters. The first-order chi connectivity index (χ1) is 10.2. The van der Waals surface area contributed by atoms with Gasteiger partial charge in [0.2, 0.25) is 5.60 Å². The normalized spacial score (nSPS) is 16.0. The van der Waals surface area contributed by atoms with Gasteiger partial charge in [0.15, 0.2) is 0 Å². The van der Waals surface area contributed by atoms with Crippen molar-refractivity contribution in [1.29, 1.82) is 0 Å². The molecule has 22 heavy (non-hydrogen) atoms. The van der Waals surface area contributed by atoms with Crippen molar-refractivity contribution in [2.45, 2.75) is 24.5 Å². The fraction of sp³-hybridized carbons (Fsp3) is 0.400. The zero-order valence-corrected chi connectivity index (χ0v) is 13.5. The minimum atomic E-state index is -1.69. The molecule has 3 rings (SSSR count). The summed E-state index contributed by atoms with van der Waals surface area (Å²) < 4.78 is 5.59. The van der Waals surface area contributed by atoms with Crippen molar-refractivity contribution < 1.29 is 19.3 Å². The van der Waals surface area contributed by atoms with E-state index in [9.17, 15) is 9.90 Å². The van der Waals surface area contributed by atoms with Crippen molar-refractivity contribution >= 4 is 28.6 Å². The summed E-state index contributed by atoms with van der Waals surface area (Å²) in [7, 11) is 0. The zero-order chi connectivity index (χ0) is 14.7. The highest BCUT2D eigenvalue weighted by Gasteiger charge is 2.44. The maximum atomic E-state index is 12.7. The molecular weight excluding hydrogens is 325 g/mol. The number of piperidine rings is 1. The number of carbonyl (C=O) groups excluding carboxylic acids is 1. The van der Waals surface area contributed by atoms with Crippen LogP contribution in [0.2, 0.25) is 0 Å². The van der Waals surface area contributed by atoms with Crippen LogP contribution in [0.5, 0.6) is 0 Å². The number of esters is 1. The van der Waals surface area contributed by atoms with Gasteiger partial charge in [-0.1, -0.05) is 12.1 Å². The topological polar surface area (TPSA) is 58.6 Å². The van der Waals surface area contributed by atoms with Crippen LogP contribution in [-0.4, -0.2) is 30.3 Å². The predicted molar refractivity (Wildman–Crippen MR) is 86.1 cm³/mol. The first-order valence-corrected chi connectivity index (χ1v) is 8.69. The highest BCUT2D eigenvalue weighted by molar-refractivity contribution is 7.12. The van der Waals surface area contributed by atoms with Crippen molar-refractivity contribution in [2.24, 2.45) is 0 Å². The predicted octanol–water partition coefficient (Wildman–Crippen LogP) is 2.49. The summed E-state index contributed by atoms with van der Waals surface area (Å²) in [5, 5.41) is 18.0. The lowest BCUT2D eigenvalue weighted by Gasteiger charge is -2.29. The first kappa shape index (κ1) is 17.1. The molecule has 4 nitrogen and oxygen atoms in total. The van der Waals surface area contributed by atoms with E-state index in [1.54, 1.807) is 12.1 Å². The second-order valence-corrected chi connectivity index (χ2v) is 6.92. The van der Waals surface area contributed by atoms with Crippen LogP contribution in [0.4, 0.5) is 4.70 Å². The van der Waals surface area contributed by atoms with E-state index in [0.717, 1.165) is 25.9 Å². The van der Waals surface area contributed by atoms with E-state index in [0.29, 0.717) is 9.75 Å². The van der Waals surface area contributed by atoms with Gasteiger partial charge in [-0.05, 0) is 48.8 Å². The number of ether oxygens (including phenoxy) is 1. The van der Waals surface area contributed by atoms with Gasteiger partial charge in [-0.3, -0.25) is 4.70 Å². The Morgan fingerprint density at radius 1 is 1.18 bits per heavy atom. The SMILES string of the molecule is F.O=C(OC1CCNCC1)C(O)(c1cccs1)c1cccs1. The summed E-state index contributed by atoms with van der Waals surface area (Å²) in [6, 6.07) is 7.20. The lowest BCUT2D eigenvalue weighted by atomic mass is 9.99. The lowest BCUT2D eigenvalue weighted by Crippen LogP contribution is -2.42. The van der Waals surface area contributed by atoms with Gasteiger partial charge in [0, 0.05) is 0 Å². The second-order valence-electron chi connectivity index (χ2n) is 5.02. The van der Waals surface area contributed by atoms with Crippen LogP contribution in [0.15, 0.2) is 35.0 Å². The van der Waals surface area contributed by atoms with E-state index in [4.69, 9.17) is 4.74 Å². The van der Waals surface area contributed by atoms with Gasteiger partial charge < -0.3 is 15.2 Å². The van der Waals surface area contributed by atoms with Gasteiger partial charge in [-0.25, -0.2) is 4.79 Å². The molecule has 0 aliphatic carbocycles. The molecule has 1 saturated heterocycles. The van der Waals surface area contributed by atoms with E-state index in [1.807, 2.05) is 22.9 Å². The van der Waals surface area contributed by atoms with Crippen molar-refractivity contribution in [3.05, 3.63) is 44.8 Å². The Morgan fingerprint density at radius 3 is 2.18 bits per heavy atom. The third-order valence-electron chi connectivity index (χ3n) is 3.61. The fourth-order valence-corrected chi connectivity index (χ4v) is 4.16. The van der Waals surface area contributed by atoms with Crippen LogP contribution in [0.3, 0.4) is 0 Å². The van der Waals surface area contributed by atoms with E-state index < -0.39 is 11.6 Å². The van der Waals surface area contributed by atoms with Gasteiger partial charge in [-0.15, -0.1) is 22.7 Å². The number of thiophene rings is 2. The highest BCUT2D eigenvalue weighted by atomic mass is 32.1. The summed E-state index contributed by atoms with van der Waals surface area (Å²) in [5.41, 5.74) is -1.69. The fourth-order valence-electron chi connectivity index (χ4n) is 2.44. The van der Waals surface area contributed by atoms with Crippen LogP contribution < -0.4 is 5.32 Å². The minimum absolute atomic E-state index is 0. The van der Waals surface area contributed by atoms with E-state index >= 15 is 0 Å². The van der Waals surface area contributed by atoms with Crippen molar-refractivity contribution in [3.63, 3.8) is 0 Å². The highest BCUT2D eigenvalue weighted by Crippen LogP contribution is 2.37. The third kappa shape index (κ3) is 3.22. The zero-order valence-electron chi connectivity index (χ0n) is 11.9. The first-order valence-electron chi connectivity index (χ1n) is 6.93. The third-order valence-corrected chi connectivity index (χ3v) is 5.57. The number of hydrogen-bond acceptors (Lipinski definition) is 6. The van der Waals surface area contributed by atoms with Crippen LogP contribution >= 0.6 is 22.7 Å². The van der Waals surface area contributed by atoms with Gasteiger partial charge in [-0.2, -0.15) is 0 Å². The maximum Gasteiger partial charge on any atom is 0.349 e. The number of nitrogens with one attached hydrogen (secondary N) is 1. The summed E-state index contributed by atoms with van der Waals surface area (Å²) in [6.45, 7) is 1.68. The molecule has 7 heteroatoms. The summed E-state index contributed by atoms with van der Waals surface area (Å²) in [5.74, 6) is -0.570. The van der Waals surface area contributed by atoms with Gasteiger partial charge in [0.25, 0.3) is 0 Å². The Bertz CT molecular complexity index is 546. The summed E-state index contributed by atoms with van der Waals surface area (Å²) >= 11 is 2.72. The smallest absolute Gasteiger partial charge is 0.349 e. The van der Waals surface area contributed by atoms with Gasteiger partial charge in [0.1, 0.15) is 6.10 Å². The van der Waals surface area contributed by atoms with Crippen LogP contribution in [0.25, 0.3) is 0 Å². The molecular formula is C15H18FNO3S2. The molecule has 120 valence electrons. The monoisotopic (exact) mass is 343 g/mol. The van der Waals surface area contributed by atoms with E-state index in [-0.39, 0.29) is 10.8 Å². The van der Waals surface area contributed by atoms with Gasteiger partial charge in [0.05, 0.1) is 9.75 Å². The molecule has 2 N–H and O–H groups in total. The molecule has 0 amide bonds. The largest absolute Gasteiger partial charge is 0.460 e. The standard InChI is InChI=1S/C15H17NO3S2.FH/c17-14(19-11-5-7-16-8-6-11)15(18,12-3-1-9-20-12)13-4-2-10-21-13;/h1-4,9-11,16,18H,5-8H2;1H. The van der Waals surface area contributed by atoms with Crippen molar-refractivity contribution in [1.82, 2.24) is 5.32 Å².